The molecule has 0 aromatic heterocycles. The van der Waals surface area contributed by atoms with Crippen molar-refractivity contribution in [3.05, 3.63) is 48.6 Å². The van der Waals surface area contributed by atoms with Crippen LogP contribution in [0.2, 0.25) is 0 Å². The van der Waals surface area contributed by atoms with Crippen molar-refractivity contribution in [3.8, 4) is 0 Å². The number of hydrogen-bond acceptors (Lipinski definition) is 4. The lowest BCUT2D eigenvalue weighted by molar-refractivity contribution is -0.128. The van der Waals surface area contributed by atoms with Crippen molar-refractivity contribution in [3.63, 3.8) is 0 Å². The summed E-state index contributed by atoms with van der Waals surface area (Å²) in [5.41, 5.74) is 0.232. The summed E-state index contributed by atoms with van der Waals surface area (Å²) in [5, 5.41) is 0. The molecular formula is C17H24NO4P. The van der Waals surface area contributed by atoms with E-state index in [9.17, 15) is 9.36 Å². The molecule has 126 valence electrons. The van der Waals surface area contributed by atoms with Crippen molar-refractivity contribution in [1.82, 2.24) is 4.90 Å². The van der Waals surface area contributed by atoms with Gasteiger partial charge in [-0.05, 0) is 19.4 Å². The van der Waals surface area contributed by atoms with Gasteiger partial charge in [0.1, 0.15) is 5.66 Å². The van der Waals surface area contributed by atoms with Crippen LogP contribution in [-0.2, 0) is 25.0 Å². The zero-order valence-corrected chi connectivity index (χ0v) is 14.6. The Bertz CT molecular complexity index is 580. The number of carbonyl (C=O) groups excluding carboxylic acids is 1. The molecule has 6 heteroatoms. The van der Waals surface area contributed by atoms with Gasteiger partial charge in [-0.2, -0.15) is 0 Å². The summed E-state index contributed by atoms with van der Waals surface area (Å²) in [5.74, 6) is -0.431. The fourth-order valence-electron chi connectivity index (χ4n) is 2.89. The first-order valence-corrected chi connectivity index (χ1v) is 9.51. The van der Waals surface area contributed by atoms with Crippen LogP contribution >= 0.6 is 7.60 Å². The molecule has 1 fully saturated rings. The van der Waals surface area contributed by atoms with Crippen LogP contribution in [0.25, 0.3) is 0 Å². The summed E-state index contributed by atoms with van der Waals surface area (Å²) < 4.78 is 23.8. The highest BCUT2D eigenvalue weighted by molar-refractivity contribution is 7.55. The summed E-state index contributed by atoms with van der Waals surface area (Å²) in [6, 6.07) is 9.73. The number of hydrogen-bond donors (Lipinski definition) is 0. The predicted molar refractivity (Wildman–Crippen MR) is 90.2 cm³/mol. The minimum atomic E-state index is -3.50. The topological polar surface area (TPSA) is 55.8 Å². The maximum Gasteiger partial charge on any atom is 0.343 e. The molecule has 1 amide bonds. The molecule has 0 bridgehead atoms. The van der Waals surface area contributed by atoms with Crippen molar-refractivity contribution in [2.24, 2.45) is 5.92 Å². The Balaban J connectivity index is 2.24. The molecule has 1 heterocycles. The molecular weight excluding hydrogens is 313 g/mol. The first-order valence-electron chi connectivity index (χ1n) is 7.89. The van der Waals surface area contributed by atoms with Gasteiger partial charge in [0.2, 0.25) is 5.91 Å². The van der Waals surface area contributed by atoms with Crippen LogP contribution in [0.3, 0.4) is 0 Å². The Morgan fingerprint density at radius 1 is 1.26 bits per heavy atom. The van der Waals surface area contributed by atoms with E-state index in [0.717, 1.165) is 5.56 Å². The van der Waals surface area contributed by atoms with Crippen LogP contribution in [0.1, 0.15) is 19.4 Å². The summed E-state index contributed by atoms with van der Waals surface area (Å²) in [7, 11) is -3.50. The summed E-state index contributed by atoms with van der Waals surface area (Å²) in [6.45, 7) is 8.73. The molecule has 0 N–H and O–H groups in total. The van der Waals surface area contributed by atoms with Crippen molar-refractivity contribution in [2.75, 3.05) is 19.8 Å². The van der Waals surface area contributed by atoms with Gasteiger partial charge in [0.05, 0.1) is 13.2 Å². The summed E-state index contributed by atoms with van der Waals surface area (Å²) in [4.78, 5) is 14.5. The monoisotopic (exact) mass is 337 g/mol. The summed E-state index contributed by atoms with van der Waals surface area (Å²) >= 11 is 0. The third-order valence-corrected chi connectivity index (χ3v) is 6.40. The maximum absolute atomic E-state index is 13.1. The van der Waals surface area contributed by atoms with Gasteiger partial charge in [0.25, 0.3) is 0 Å². The molecule has 1 aromatic carbocycles. The van der Waals surface area contributed by atoms with Gasteiger partial charge >= 0.3 is 7.60 Å². The van der Waals surface area contributed by atoms with Gasteiger partial charge in [-0.3, -0.25) is 9.36 Å². The number of nitrogens with zero attached hydrogens (tertiary/aromatic N) is 1. The number of carbonyl (C=O) groups is 1. The third-order valence-electron chi connectivity index (χ3n) is 3.88. The Kier molecular flexibility index (Phi) is 6.17. The van der Waals surface area contributed by atoms with Crippen LogP contribution in [0.4, 0.5) is 0 Å². The van der Waals surface area contributed by atoms with Gasteiger partial charge < -0.3 is 13.9 Å². The molecule has 2 atom stereocenters. The fraction of sp³-hybridized carbons (Fsp3) is 0.471. The van der Waals surface area contributed by atoms with E-state index >= 15 is 0 Å². The molecule has 0 saturated carbocycles. The largest absolute Gasteiger partial charge is 0.343 e. The van der Waals surface area contributed by atoms with Crippen LogP contribution in [-0.4, -0.2) is 36.2 Å². The van der Waals surface area contributed by atoms with E-state index in [-0.39, 0.29) is 25.0 Å². The van der Waals surface area contributed by atoms with Gasteiger partial charge in [-0.15, -0.1) is 6.58 Å². The molecule has 0 spiro atoms. The molecule has 23 heavy (non-hydrogen) atoms. The zero-order valence-electron chi connectivity index (χ0n) is 13.7. The third kappa shape index (κ3) is 3.92. The van der Waals surface area contributed by atoms with Crippen LogP contribution in [0, 0.1) is 5.92 Å². The molecule has 0 aliphatic carbocycles. The van der Waals surface area contributed by atoms with Gasteiger partial charge in [-0.1, -0.05) is 36.4 Å². The van der Waals surface area contributed by atoms with Crippen molar-refractivity contribution in [2.45, 2.75) is 26.1 Å². The first-order chi connectivity index (χ1) is 11.1. The van der Waals surface area contributed by atoms with Crippen molar-refractivity contribution in [1.29, 1.82) is 0 Å². The van der Waals surface area contributed by atoms with E-state index in [4.69, 9.17) is 9.05 Å². The number of benzene rings is 1. The minimum Gasteiger partial charge on any atom is -0.337 e. The highest BCUT2D eigenvalue weighted by atomic mass is 31.2. The van der Waals surface area contributed by atoms with E-state index in [2.05, 4.69) is 6.58 Å². The SMILES string of the molecule is C=C[C@H]1CN(Cc2ccccc2)C(=O)[C@@H]1P(=O)(OCC)OCC. The fourth-order valence-corrected chi connectivity index (χ4v) is 5.13. The smallest absolute Gasteiger partial charge is 0.337 e. The molecule has 1 saturated heterocycles. The van der Waals surface area contributed by atoms with Crippen LogP contribution < -0.4 is 0 Å². The molecule has 0 radical (unpaired) electrons. The van der Waals surface area contributed by atoms with Gasteiger partial charge in [0.15, 0.2) is 0 Å². The average Bonchev–Trinajstić information content (AvgIpc) is 2.85. The zero-order chi connectivity index (χ0) is 16.9. The Morgan fingerprint density at radius 3 is 2.39 bits per heavy atom. The second kappa shape index (κ2) is 7.91. The van der Waals surface area contributed by atoms with E-state index in [0.29, 0.717) is 13.1 Å². The Morgan fingerprint density at radius 2 is 1.87 bits per heavy atom. The molecule has 1 aromatic rings. The lowest BCUT2D eigenvalue weighted by Gasteiger charge is -2.24. The molecule has 1 aliphatic heterocycles. The standard InChI is InChI=1S/C17H24NO4P/c1-4-15-13-18(12-14-10-8-7-9-11-14)17(19)16(15)23(20,21-5-2)22-6-3/h4,7-11,15-16H,1,5-6,12-13H2,2-3H3/t15-,16+/m0/s1. The number of amides is 1. The van der Waals surface area contributed by atoms with E-state index in [1.807, 2.05) is 30.3 Å². The molecule has 2 rings (SSSR count). The van der Waals surface area contributed by atoms with Crippen molar-refractivity contribution < 1.29 is 18.4 Å². The second-order valence-electron chi connectivity index (χ2n) is 5.42. The van der Waals surface area contributed by atoms with Crippen molar-refractivity contribution >= 4 is 13.5 Å². The first kappa shape index (κ1) is 17.9. The van der Waals surface area contributed by atoms with Gasteiger partial charge in [0, 0.05) is 19.0 Å². The molecule has 0 unspecified atom stereocenters. The molecule has 1 aliphatic rings. The van der Waals surface area contributed by atoms with E-state index in [1.165, 1.54) is 0 Å². The lowest BCUT2D eigenvalue weighted by Crippen LogP contribution is -2.30. The minimum absolute atomic E-state index is 0.191. The number of likely N-dealkylation sites (tertiary alicyclic amines) is 1. The average molecular weight is 337 g/mol. The second-order valence-corrected chi connectivity index (χ2v) is 7.58. The van der Waals surface area contributed by atoms with E-state index < -0.39 is 13.3 Å². The van der Waals surface area contributed by atoms with Crippen LogP contribution in [0.15, 0.2) is 43.0 Å². The number of rotatable bonds is 8. The van der Waals surface area contributed by atoms with E-state index in [1.54, 1.807) is 24.8 Å². The van der Waals surface area contributed by atoms with Gasteiger partial charge in [-0.25, -0.2) is 0 Å². The molecule has 5 nitrogen and oxygen atoms in total. The predicted octanol–water partition coefficient (Wildman–Crippen LogP) is 3.47. The quantitative estimate of drug-likeness (QED) is 0.538. The highest BCUT2D eigenvalue weighted by Crippen LogP contribution is 2.58. The highest BCUT2D eigenvalue weighted by Gasteiger charge is 2.51. The summed E-state index contributed by atoms with van der Waals surface area (Å²) in [6.07, 6.45) is 1.68. The lowest BCUT2D eigenvalue weighted by atomic mass is 10.1. The van der Waals surface area contributed by atoms with Crippen LogP contribution in [0.5, 0.6) is 0 Å². The Labute approximate surface area is 137 Å². The maximum atomic E-state index is 13.1. The normalized spacial score (nSPS) is 21.7. The Hall–Kier alpha value is -1.42.